The molecule has 112 valence electrons. The van der Waals surface area contributed by atoms with Crippen molar-refractivity contribution in [3.05, 3.63) is 48.0 Å². The van der Waals surface area contributed by atoms with Crippen LogP contribution < -0.4 is 10.1 Å². The summed E-state index contributed by atoms with van der Waals surface area (Å²) in [6, 6.07) is 7.14. The normalized spacial score (nSPS) is 10.9. The molecule has 0 atom stereocenters. The monoisotopic (exact) mass is 288 g/mol. The molecule has 2 aromatic rings. The molecule has 0 fully saturated rings. The Morgan fingerprint density at radius 1 is 1.19 bits per heavy atom. The maximum Gasteiger partial charge on any atom is 0.138 e. The van der Waals surface area contributed by atoms with Gasteiger partial charge in [0, 0.05) is 23.9 Å². The number of ether oxygens (including phenoxy) is 1. The van der Waals surface area contributed by atoms with Gasteiger partial charge in [0.25, 0.3) is 0 Å². The van der Waals surface area contributed by atoms with Crippen molar-refractivity contribution in [1.29, 1.82) is 0 Å². The molecule has 0 saturated heterocycles. The standard InChI is InChI=1S/C17H21FN2O/c1-4-19-9-14-6-5-13(8-17(14)18)15-7-16(11-20-10-15)21-12(2)3/h5-8,10-12,19H,4,9H2,1-3H3. The molecule has 1 aromatic heterocycles. The fourth-order valence-electron chi connectivity index (χ4n) is 2.04. The van der Waals surface area contributed by atoms with E-state index in [-0.39, 0.29) is 11.9 Å². The fourth-order valence-corrected chi connectivity index (χ4v) is 2.04. The van der Waals surface area contributed by atoms with Gasteiger partial charge in [-0.25, -0.2) is 4.39 Å². The van der Waals surface area contributed by atoms with E-state index in [9.17, 15) is 4.39 Å². The molecule has 0 radical (unpaired) electrons. The van der Waals surface area contributed by atoms with Crippen molar-refractivity contribution in [1.82, 2.24) is 10.3 Å². The minimum absolute atomic E-state index is 0.0845. The molecule has 1 aromatic carbocycles. The van der Waals surface area contributed by atoms with Gasteiger partial charge in [-0.3, -0.25) is 4.98 Å². The van der Waals surface area contributed by atoms with Gasteiger partial charge in [0.2, 0.25) is 0 Å². The third-order valence-electron chi connectivity index (χ3n) is 3.04. The Bertz CT molecular complexity index is 599. The maximum atomic E-state index is 14.1. The van der Waals surface area contributed by atoms with E-state index in [4.69, 9.17) is 4.74 Å². The highest BCUT2D eigenvalue weighted by molar-refractivity contribution is 5.64. The summed E-state index contributed by atoms with van der Waals surface area (Å²) in [5.74, 6) is 0.489. The highest BCUT2D eigenvalue weighted by Crippen LogP contribution is 2.25. The summed E-state index contributed by atoms with van der Waals surface area (Å²) >= 11 is 0. The van der Waals surface area contributed by atoms with Gasteiger partial charge in [-0.15, -0.1) is 0 Å². The molecule has 4 heteroatoms. The second-order valence-corrected chi connectivity index (χ2v) is 5.16. The van der Waals surface area contributed by atoms with Crippen LogP contribution >= 0.6 is 0 Å². The fraction of sp³-hybridized carbons (Fsp3) is 0.353. The minimum atomic E-state index is -0.205. The molecule has 0 spiro atoms. The summed E-state index contributed by atoms with van der Waals surface area (Å²) in [6.07, 6.45) is 3.46. The van der Waals surface area contributed by atoms with Gasteiger partial charge in [0.15, 0.2) is 0 Å². The Kier molecular flexibility index (Phi) is 5.28. The van der Waals surface area contributed by atoms with Crippen molar-refractivity contribution >= 4 is 0 Å². The first-order chi connectivity index (χ1) is 10.1. The van der Waals surface area contributed by atoms with E-state index in [0.717, 1.165) is 17.7 Å². The first kappa shape index (κ1) is 15.4. The van der Waals surface area contributed by atoms with Gasteiger partial charge in [0.05, 0.1) is 12.3 Å². The Morgan fingerprint density at radius 2 is 2.00 bits per heavy atom. The van der Waals surface area contributed by atoms with Crippen molar-refractivity contribution in [2.24, 2.45) is 0 Å². The number of hydrogen-bond acceptors (Lipinski definition) is 3. The summed E-state index contributed by atoms with van der Waals surface area (Å²) < 4.78 is 19.7. The van der Waals surface area contributed by atoms with E-state index < -0.39 is 0 Å². The molecule has 0 aliphatic rings. The highest BCUT2D eigenvalue weighted by Gasteiger charge is 2.07. The SMILES string of the molecule is CCNCc1ccc(-c2cncc(OC(C)C)c2)cc1F. The Hall–Kier alpha value is -1.94. The first-order valence-corrected chi connectivity index (χ1v) is 7.21. The smallest absolute Gasteiger partial charge is 0.138 e. The molecular formula is C17H21FN2O. The molecule has 0 saturated carbocycles. The molecule has 0 aliphatic heterocycles. The van der Waals surface area contributed by atoms with Gasteiger partial charge in [-0.1, -0.05) is 19.1 Å². The number of rotatable bonds is 6. The van der Waals surface area contributed by atoms with Crippen LogP contribution in [0.2, 0.25) is 0 Å². The predicted molar refractivity (Wildman–Crippen MR) is 82.8 cm³/mol. The number of pyridine rings is 1. The summed E-state index contributed by atoms with van der Waals surface area (Å²) in [7, 11) is 0. The number of nitrogens with one attached hydrogen (secondary N) is 1. The molecule has 21 heavy (non-hydrogen) atoms. The molecular weight excluding hydrogens is 267 g/mol. The lowest BCUT2D eigenvalue weighted by Crippen LogP contribution is -2.12. The largest absolute Gasteiger partial charge is 0.489 e. The van der Waals surface area contributed by atoms with Crippen molar-refractivity contribution in [2.75, 3.05) is 6.54 Å². The van der Waals surface area contributed by atoms with Crippen LogP contribution in [0.15, 0.2) is 36.7 Å². The lowest BCUT2D eigenvalue weighted by Gasteiger charge is -2.11. The average Bonchev–Trinajstić information content (AvgIpc) is 2.45. The molecule has 0 bridgehead atoms. The van der Waals surface area contributed by atoms with E-state index in [0.29, 0.717) is 17.9 Å². The summed E-state index contributed by atoms with van der Waals surface area (Å²) in [5, 5.41) is 3.12. The molecule has 0 amide bonds. The van der Waals surface area contributed by atoms with E-state index in [1.807, 2.05) is 39.0 Å². The highest BCUT2D eigenvalue weighted by atomic mass is 19.1. The number of nitrogens with zero attached hydrogens (tertiary/aromatic N) is 1. The van der Waals surface area contributed by atoms with Crippen LogP contribution in [0.1, 0.15) is 26.3 Å². The van der Waals surface area contributed by atoms with Crippen LogP contribution in [0.5, 0.6) is 5.75 Å². The molecule has 0 aliphatic carbocycles. The van der Waals surface area contributed by atoms with E-state index in [1.54, 1.807) is 18.5 Å². The lowest BCUT2D eigenvalue weighted by molar-refractivity contribution is 0.241. The van der Waals surface area contributed by atoms with Crippen molar-refractivity contribution < 1.29 is 9.13 Å². The van der Waals surface area contributed by atoms with Crippen molar-refractivity contribution in [3.63, 3.8) is 0 Å². The zero-order chi connectivity index (χ0) is 15.2. The van der Waals surface area contributed by atoms with Crippen molar-refractivity contribution in [2.45, 2.75) is 33.4 Å². The van der Waals surface area contributed by atoms with Crippen molar-refractivity contribution in [3.8, 4) is 16.9 Å². The maximum absolute atomic E-state index is 14.1. The minimum Gasteiger partial charge on any atom is -0.489 e. The van der Waals surface area contributed by atoms with Crippen LogP contribution in [0.25, 0.3) is 11.1 Å². The molecule has 1 heterocycles. The van der Waals surface area contributed by atoms with Gasteiger partial charge < -0.3 is 10.1 Å². The first-order valence-electron chi connectivity index (χ1n) is 7.21. The second-order valence-electron chi connectivity index (χ2n) is 5.16. The molecule has 2 rings (SSSR count). The number of halogens is 1. The Labute approximate surface area is 125 Å². The van der Waals surface area contributed by atoms with Gasteiger partial charge in [-0.2, -0.15) is 0 Å². The third kappa shape index (κ3) is 4.26. The van der Waals surface area contributed by atoms with Crippen LogP contribution in [0.3, 0.4) is 0 Å². The van der Waals surface area contributed by atoms with Gasteiger partial charge in [0.1, 0.15) is 11.6 Å². The molecule has 3 nitrogen and oxygen atoms in total. The van der Waals surface area contributed by atoms with E-state index in [1.165, 1.54) is 0 Å². The summed E-state index contributed by atoms with van der Waals surface area (Å²) in [5.41, 5.74) is 2.32. The number of aromatic nitrogens is 1. The van der Waals surface area contributed by atoms with E-state index in [2.05, 4.69) is 10.3 Å². The average molecular weight is 288 g/mol. The summed E-state index contributed by atoms with van der Waals surface area (Å²) in [4.78, 5) is 4.16. The third-order valence-corrected chi connectivity index (χ3v) is 3.04. The predicted octanol–water partition coefficient (Wildman–Crippen LogP) is 3.78. The van der Waals surface area contributed by atoms with Crippen LogP contribution in [0.4, 0.5) is 4.39 Å². The number of hydrogen-bond donors (Lipinski definition) is 1. The Balaban J connectivity index is 2.23. The van der Waals surface area contributed by atoms with Crippen LogP contribution in [0, 0.1) is 5.82 Å². The zero-order valence-electron chi connectivity index (χ0n) is 12.7. The van der Waals surface area contributed by atoms with E-state index >= 15 is 0 Å². The van der Waals surface area contributed by atoms with Crippen LogP contribution in [-0.2, 0) is 6.54 Å². The Morgan fingerprint density at radius 3 is 2.67 bits per heavy atom. The topological polar surface area (TPSA) is 34.2 Å². The molecule has 0 unspecified atom stereocenters. The van der Waals surface area contributed by atoms with Gasteiger partial charge >= 0.3 is 0 Å². The van der Waals surface area contributed by atoms with Crippen LogP contribution in [-0.4, -0.2) is 17.6 Å². The lowest BCUT2D eigenvalue weighted by atomic mass is 10.0. The second kappa shape index (κ2) is 7.18. The zero-order valence-corrected chi connectivity index (χ0v) is 12.7. The number of benzene rings is 1. The molecule has 1 N–H and O–H groups in total. The quantitative estimate of drug-likeness (QED) is 0.878. The van der Waals surface area contributed by atoms with Gasteiger partial charge in [-0.05, 0) is 38.1 Å². The summed E-state index contributed by atoms with van der Waals surface area (Å²) in [6.45, 7) is 7.28.